The van der Waals surface area contributed by atoms with Gasteiger partial charge in [0.15, 0.2) is 6.79 Å². The predicted molar refractivity (Wildman–Crippen MR) is 34.4 cm³/mol. The molecule has 0 bridgehead atoms. The molecule has 0 fully saturated rings. The maximum atomic E-state index is 10.7. The molecule has 0 aromatic heterocycles. The lowest BCUT2D eigenvalue weighted by Crippen LogP contribution is -2.33. The molecular formula is C5H11NO5. The summed E-state index contributed by atoms with van der Waals surface area (Å²) in [5.74, 6) is 0. The van der Waals surface area contributed by atoms with Gasteiger partial charge < -0.3 is 19.7 Å². The third kappa shape index (κ3) is 3.76. The van der Waals surface area contributed by atoms with Gasteiger partial charge in [0.2, 0.25) is 0 Å². The summed E-state index contributed by atoms with van der Waals surface area (Å²) in [5, 5.41) is 16.8. The van der Waals surface area contributed by atoms with Crippen LogP contribution in [0.1, 0.15) is 0 Å². The Labute approximate surface area is 63.9 Å². The monoisotopic (exact) mass is 165 g/mol. The number of ether oxygens (including phenoxy) is 2. The highest BCUT2D eigenvalue weighted by Crippen LogP contribution is 1.90. The summed E-state index contributed by atoms with van der Waals surface area (Å²) in [6.07, 6.45) is -0.822. The number of carbonyl (C=O) groups excluding carboxylic acids is 1. The number of carbonyl (C=O) groups is 1. The predicted octanol–water partition coefficient (Wildman–Crippen LogP) is -1.07. The Morgan fingerprint density at radius 3 is 2.36 bits per heavy atom. The van der Waals surface area contributed by atoms with Gasteiger partial charge in [0.25, 0.3) is 0 Å². The van der Waals surface area contributed by atoms with Crippen LogP contribution in [0, 0.1) is 0 Å². The molecule has 0 radical (unpaired) electrons. The molecule has 0 aliphatic heterocycles. The number of aliphatic hydroxyl groups is 2. The van der Waals surface area contributed by atoms with E-state index >= 15 is 0 Å². The fraction of sp³-hybridized carbons (Fsp3) is 0.800. The average Bonchev–Trinajstić information content (AvgIpc) is 2.03. The molecule has 2 N–H and O–H groups in total. The Balaban J connectivity index is 3.61. The Morgan fingerprint density at radius 1 is 1.45 bits per heavy atom. The van der Waals surface area contributed by atoms with E-state index < -0.39 is 19.6 Å². The number of hydrogen-bond donors (Lipinski definition) is 2. The molecule has 0 saturated carbocycles. The van der Waals surface area contributed by atoms with Crippen molar-refractivity contribution < 1.29 is 24.5 Å². The van der Waals surface area contributed by atoms with Crippen molar-refractivity contribution in [3.05, 3.63) is 0 Å². The summed E-state index contributed by atoms with van der Waals surface area (Å²) in [7, 11) is 1.36. The van der Waals surface area contributed by atoms with Crippen molar-refractivity contribution in [2.24, 2.45) is 0 Å². The second kappa shape index (κ2) is 5.90. The first kappa shape index (κ1) is 10.2. The van der Waals surface area contributed by atoms with E-state index in [-0.39, 0.29) is 6.79 Å². The first-order chi connectivity index (χ1) is 5.26. The Hall–Kier alpha value is -0.850. The van der Waals surface area contributed by atoms with Crippen LogP contribution in [0.15, 0.2) is 0 Å². The van der Waals surface area contributed by atoms with Crippen molar-refractivity contribution in [2.75, 3.05) is 27.4 Å². The fourth-order valence-electron chi connectivity index (χ4n) is 0.361. The van der Waals surface area contributed by atoms with Gasteiger partial charge in [0.05, 0.1) is 0 Å². The van der Waals surface area contributed by atoms with Crippen LogP contribution in [0.4, 0.5) is 4.79 Å². The average molecular weight is 165 g/mol. The molecule has 1 amide bonds. The normalized spacial score (nSPS) is 9.36. The van der Waals surface area contributed by atoms with Gasteiger partial charge in [-0.15, -0.1) is 0 Å². The number of nitrogens with zero attached hydrogens (tertiary/aromatic N) is 1. The summed E-state index contributed by atoms with van der Waals surface area (Å²) in [4.78, 5) is 11.4. The quantitative estimate of drug-likeness (QED) is 0.518. The van der Waals surface area contributed by atoms with Gasteiger partial charge in [-0.05, 0) is 0 Å². The zero-order valence-electron chi connectivity index (χ0n) is 6.19. The number of rotatable bonds is 4. The maximum Gasteiger partial charge on any atom is 0.415 e. The van der Waals surface area contributed by atoms with Crippen molar-refractivity contribution in [3.8, 4) is 0 Å². The molecule has 0 rings (SSSR count). The molecule has 0 saturated heterocycles. The second-order valence-electron chi connectivity index (χ2n) is 1.64. The third-order valence-electron chi connectivity index (χ3n) is 0.900. The summed E-state index contributed by atoms with van der Waals surface area (Å²) in [6.45, 7) is -1.37. The van der Waals surface area contributed by atoms with Crippen LogP contribution in [0.5, 0.6) is 0 Å². The first-order valence-electron chi connectivity index (χ1n) is 2.88. The first-order valence-corrected chi connectivity index (χ1v) is 2.88. The minimum absolute atomic E-state index is 0.199. The van der Waals surface area contributed by atoms with E-state index in [2.05, 4.69) is 9.47 Å². The molecule has 0 aromatic carbocycles. The van der Waals surface area contributed by atoms with Crippen molar-refractivity contribution in [1.29, 1.82) is 0 Å². The minimum Gasteiger partial charge on any atom is -0.422 e. The lowest BCUT2D eigenvalue weighted by molar-refractivity contribution is -0.0316. The third-order valence-corrected chi connectivity index (χ3v) is 0.900. The summed E-state index contributed by atoms with van der Waals surface area (Å²) < 4.78 is 8.80. The Morgan fingerprint density at radius 2 is 2.00 bits per heavy atom. The highest BCUT2D eigenvalue weighted by Gasteiger charge is 2.11. The molecule has 11 heavy (non-hydrogen) atoms. The van der Waals surface area contributed by atoms with Crippen LogP contribution >= 0.6 is 0 Å². The van der Waals surface area contributed by atoms with E-state index in [4.69, 9.17) is 10.2 Å². The number of hydrogen-bond acceptors (Lipinski definition) is 5. The molecule has 0 atom stereocenters. The fourth-order valence-corrected chi connectivity index (χ4v) is 0.361. The van der Waals surface area contributed by atoms with Crippen LogP contribution < -0.4 is 0 Å². The molecule has 66 valence electrons. The van der Waals surface area contributed by atoms with E-state index in [0.29, 0.717) is 4.90 Å². The topological polar surface area (TPSA) is 79.2 Å². The van der Waals surface area contributed by atoms with Crippen LogP contribution in [0.25, 0.3) is 0 Å². The largest absolute Gasteiger partial charge is 0.422 e. The van der Waals surface area contributed by atoms with E-state index in [1.54, 1.807) is 0 Å². The summed E-state index contributed by atoms with van der Waals surface area (Å²) >= 11 is 0. The Bertz CT molecular complexity index is 113. The number of methoxy groups -OCH3 is 1. The molecule has 0 aromatic rings. The second-order valence-corrected chi connectivity index (χ2v) is 1.64. The summed E-state index contributed by atoms with van der Waals surface area (Å²) in [6, 6.07) is 0. The molecular weight excluding hydrogens is 154 g/mol. The van der Waals surface area contributed by atoms with Crippen molar-refractivity contribution in [2.45, 2.75) is 0 Å². The van der Waals surface area contributed by atoms with Crippen molar-refractivity contribution in [1.82, 2.24) is 4.90 Å². The van der Waals surface area contributed by atoms with Gasteiger partial charge in [-0.2, -0.15) is 0 Å². The lowest BCUT2D eigenvalue weighted by Gasteiger charge is -2.15. The van der Waals surface area contributed by atoms with Crippen molar-refractivity contribution >= 4 is 6.09 Å². The molecule has 0 heterocycles. The molecule has 0 aliphatic rings. The SMILES string of the molecule is COCOC(=O)N(CO)CO. The van der Waals surface area contributed by atoms with E-state index in [9.17, 15) is 4.79 Å². The molecule has 6 heteroatoms. The highest BCUT2D eigenvalue weighted by molar-refractivity contribution is 5.67. The van der Waals surface area contributed by atoms with Gasteiger partial charge in [0.1, 0.15) is 13.5 Å². The highest BCUT2D eigenvalue weighted by atomic mass is 16.7. The smallest absolute Gasteiger partial charge is 0.415 e. The molecule has 0 spiro atoms. The standard InChI is InChI=1S/C5H11NO5/c1-10-4-11-5(9)6(2-7)3-8/h7-8H,2-4H2,1H3. The number of amides is 1. The molecule has 6 nitrogen and oxygen atoms in total. The van der Waals surface area contributed by atoms with Gasteiger partial charge >= 0.3 is 6.09 Å². The minimum atomic E-state index is -0.822. The van der Waals surface area contributed by atoms with Gasteiger partial charge in [-0.25, -0.2) is 4.79 Å². The van der Waals surface area contributed by atoms with Crippen LogP contribution in [0.3, 0.4) is 0 Å². The van der Waals surface area contributed by atoms with E-state index in [1.165, 1.54) is 7.11 Å². The van der Waals surface area contributed by atoms with Crippen LogP contribution in [-0.4, -0.2) is 48.6 Å². The zero-order chi connectivity index (χ0) is 8.69. The Kier molecular flexibility index (Phi) is 5.44. The molecule has 0 aliphatic carbocycles. The van der Waals surface area contributed by atoms with E-state index in [1.807, 2.05) is 0 Å². The van der Waals surface area contributed by atoms with Crippen LogP contribution in [-0.2, 0) is 9.47 Å². The van der Waals surface area contributed by atoms with E-state index in [0.717, 1.165) is 0 Å². The van der Waals surface area contributed by atoms with Crippen molar-refractivity contribution in [3.63, 3.8) is 0 Å². The van der Waals surface area contributed by atoms with Crippen LogP contribution in [0.2, 0.25) is 0 Å². The summed E-state index contributed by atoms with van der Waals surface area (Å²) in [5.41, 5.74) is 0. The van der Waals surface area contributed by atoms with Gasteiger partial charge in [-0.1, -0.05) is 0 Å². The lowest BCUT2D eigenvalue weighted by atomic mass is 10.8. The van der Waals surface area contributed by atoms with Gasteiger partial charge in [0, 0.05) is 7.11 Å². The number of aliphatic hydroxyl groups excluding tert-OH is 2. The zero-order valence-corrected chi connectivity index (χ0v) is 6.19. The maximum absolute atomic E-state index is 10.7. The molecule has 0 unspecified atom stereocenters. The van der Waals surface area contributed by atoms with Gasteiger partial charge in [-0.3, -0.25) is 4.90 Å².